The van der Waals surface area contributed by atoms with Gasteiger partial charge in [-0.15, -0.1) is 0 Å². The minimum absolute atomic E-state index is 0.141. The Labute approximate surface area is 172 Å². The SMILES string of the molecule is COc1cc(CCC(=O)Nc2ccc(S(=O)(=O)C3CCCC3)cc2)cc(OC)c1. The van der Waals surface area contributed by atoms with Crippen LogP contribution >= 0.6 is 0 Å². The second kappa shape index (κ2) is 9.31. The van der Waals surface area contributed by atoms with Crippen LogP contribution in [0.5, 0.6) is 11.5 Å². The van der Waals surface area contributed by atoms with Crippen LogP contribution < -0.4 is 14.8 Å². The van der Waals surface area contributed by atoms with Crippen molar-refractivity contribution in [2.75, 3.05) is 19.5 Å². The first kappa shape index (κ1) is 21.2. The summed E-state index contributed by atoms with van der Waals surface area (Å²) in [5.41, 5.74) is 1.53. The third-order valence-corrected chi connectivity index (χ3v) is 7.54. The zero-order valence-electron chi connectivity index (χ0n) is 16.8. The van der Waals surface area contributed by atoms with Gasteiger partial charge in [-0.05, 0) is 61.2 Å². The van der Waals surface area contributed by atoms with Crippen molar-refractivity contribution in [3.8, 4) is 11.5 Å². The number of amides is 1. The van der Waals surface area contributed by atoms with Crippen LogP contribution in [0.25, 0.3) is 0 Å². The number of benzene rings is 2. The average molecular weight is 418 g/mol. The van der Waals surface area contributed by atoms with Crippen molar-refractivity contribution in [3.63, 3.8) is 0 Å². The van der Waals surface area contributed by atoms with Crippen molar-refractivity contribution in [3.05, 3.63) is 48.0 Å². The van der Waals surface area contributed by atoms with Crippen molar-refractivity contribution >= 4 is 21.4 Å². The van der Waals surface area contributed by atoms with Gasteiger partial charge in [0.15, 0.2) is 9.84 Å². The molecule has 0 radical (unpaired) electrons. The molecule has 1 saturated carbocycles. The quantitative estimate of drug-likeness (QED) is 0.702. The van der Waals surface area contributed by atoms with E-state index in [0.717, 1.165) is 31.2 Å². The molecule has 29 heavy (non-hydrogen) atoms. The van der Waals surface area contributed by atoms with Crippen molar-refractivity contribution in [1.29, 1.82) is 0 Å². The van der Waals surface area contributed by atoms with Gasteiger partial charge in [-0.2, -0.15) is 0 Å². The maximum atomic E-state index is 12.6. The predicted octanol–water partition coefficient (Wildman–Crippen LogP) is 3.99. The highest BCUT2D eigenvalue weighted by Crippen LogP contribution is 2.30. The Morgan fingerprint density at radius 3 is 2.14 bits per heavy atom. The van der Waals surface area contributed by atoms with Crippen LogP contribution in [0, 0.1) is 0 Å². The molecule has 3 rings (SSSR count). The summed E-state index contributed by atoms with van der Waals surface area (Å²) in [6, 6.07) is 12.0. The summed E-state index contributed by atoms with van der Waals surface area (Å²) >= 11 is 0. The van der Waals surface area contributed by atoms with Gasteiger partial charge in [0.2, 0.25) is 5.91 Å². The molecule has 1 fully saturated rings. The molecule has 0 bridgehead atoms. The number of anilines is 1. The molecule has 1 aliphatic rings. The Hall–Kier alpha value is -2.54. The minimum Gasteiger partial charge on any atom is -0.497 e. The van der Waals surface area contributed by atoms with Crippen molar-refractivity contribution in [2.24, 2.45) is 0 Å². The number of carbonyl (C=O) groups is 1. The van der Waals surface area contributed by atoms with Gasteiger partial charge in [-0.3, -0.25) is 4.79 Å². The number of sulfone groups is 1. The molecule has 0 unspecified atom stereocenters. The maximum Gasteiger partial charge on any atom is 0.224 e. The fraction of sp³-hybridized carbons (Fsp3) is 0.409. The molecule has 2 aromatic carbocycles. The molecular weight excluding hydrogens is 390 g/mol. The number of nitrogens with one attached hydrogen (secondary N) is 1. The molecule has 6 nitrogen and oxygen atoms in total. The van der Waals surface area contributed by atoms with E-state index in [-0.39, 0.29) is 11.2 Å². The standard InChI is InChI=1S/C22H27NO5S/c1-27-18-13-16(14-19(15-18)28-2)7-12-22(24)23-17-8-10-21(11-9-17)29(25,26)20-5-3-4-6-20/h8-11,13-15,20H,3-7,12H2,1-2H3,(H,23,24). The highest BCUT2D eigenvalue weighted by molar-refractivity contribution is 7.92. The number of carbonyl (C=O) groups excluding carboxylic acids is 1. The first-order valence-electron chi connectivity index (χ1n) is 9.78. The van der Waals surface area contributed by atoms with E-state index in [4.69, 9.17) is 9.47 Å². The molecule has 2 aromatic rings. The van der Waals surface area contributed by atoms with E-state index in [0.29, 0.717) is 34.9 Å². The second-order valence-electron chi connectivity index (χ2n) is 7.24. The van der Waals surface area contributed by atoms with E-state index in [1.54, 1.807) is 44.6 Å². The topological polar surface area (TPSA) is 81.7 Å². The Bertz CT molecular complexity index is 925. The minimum atomic E-state index is -3.28. The molecule has 7 heteroatoms. The van der Waals surface area contributed by atoms with E-state index < -0.39 is 9.84 Å². The van der Waals surface area contributed by atoms with Gasteiger partial charge >= 0.3 is 0 Å². The van der Waals surface area contributed by atoms with Gasteiger partial charge in [0, 0.05) is 18.2 Å². The summed E-state index contributed by atoms with van der Waals surface area (Å²) < 4.78 is 35.7. The van der Waals surface area contributed by atoms with Crippen molar-refractivity contribution < 1.29 is 22.7 Å². The van der Waals surface area contributed by atoms with Gasteiger partial charge < -0.3 is 14.8 Å². The lowest BCUT2D eigenvalue weighted by Gasteiger charge is -2.12. The van der Waals surface area contributed by atoms with Gasteiger partial charge in [-0.25, -0.2) is 8.42 Å². The van der Waals surface area contributed by atoms with Crippen LogP contribution in [0.3, 0.4) is 0 Å². The molecule has 156 valence electrons. The molecule has 0 atom stereocenters. The summed E-state index contributed by atoms with van der Waals surface area (Å²) in [6.07, 6.45) is 4.23. The highest BCUT2D eigenvalue weighted by atomic mass is 32.2. The summed E-state index contributed by atoms with van der Waals surface area (Å²) in [6.45, 7) is 0. The van der Waals surface area contributed by atoms with Crippen LogP contribution in [0.1, 0.15) is 37.7 Å². The summed E-state index contributed by atoms with van der Waals surface area (Å²) in [7, 11) is -0.110. The van der Waals surface area contributed by atoms with Gasteiger partial charge in [0.05, 0.1) is 24.4 Å². The number of rotatable bonds is 8. The molecule has 0 aromatic heterocycles. The Morgan fingerprint density at radius 1 is 1.00 bits per heavy atom. The third-order valence-electron chi connectivity index (χ3n) is 5.26. The summed E-state index contributed by atoms with van der Waals surface area (Å²) in [5, 5.41) is 2.55. The normalized spacial score (nSPS) is 14.6. The van der Waals surface area contributed by atoms with Gasteiger partial charge in [-0.1, -0.05) is 12.8 Å². The number of hydrogen-bond acceptors (Lipinski definition) is 5. The first-order valence-corrected chi connectivity index (χ1v) is 11.3. The van der Waals surface area contributed by atoms with E-state index in [1.165, 1.54) is 0 Å². The lowest BCUT2D eigenvalue weighted by molar-refractivity contribution is -0.116. The van der Waals surface area contributed by atoms with E-state index in [9.17, 15) is 13.2 Å². The van der Waals surface area contributed by atoms with Crippen molar-refractivity contribution in [1.82, 2.24) is 0 Å². The van der Waals surface area contributed by atoms with E-state index in [2.05, 4.69) is 5.32 Å². The fourth-order valence-corrected chi connectivity index (χ4v) is 5.47. The van der Waals surface area contributed by atoms with E-state index in [1.807, 2.05) is 12.1 Å². The number of hydrogen-bond donors (Lipinski definition) is 1. The smallest absolute Gasteiger partial charge is 0.224 e. The zero-order valence-corrected chi connectivity index (χ0v) is 17.6. The van der Waals surface area contributed by atoms with Crippen molar-refractivity contribution in [2.45, 2.75) is 48.7 Å². The molecule has 1 aliphatic carbocycles. The lowest BCUT2D eigenvalue weighted by atomic mass is 10.1. The van der Waals surface area contributed by atoms with Gasteiger partial charge in [0.1, 0.15) is 11.5 Å². The first-order chi connectivity index (χ1) is 13.9. The van der Waals surface area contributed by atoms with Crippen LogP contribution in [0.2, 0.25) is 0 Å². The molecule has 1 amide bonds. The number of ether oxygens (including phenoxy) is 2. The molecule has 0 heterocycles. The third kappa shape index (κ3) is 5.29. The van der Waals surface area contributed by atoms with E-state index >= 15 is 0 Å². The monoisotopic (exact) mass is 417 g/mol. The number of methoxy groups -OCH3 is 2. The Morgan fingerprint density at radius 2 is 1.59 bits per heavy atom. The van der Waals surface area contributed by atoms with Gasteiger partial charge in [0.25, 0.3) is 0 Å². The Balaban J connectivity index is 1.58. The zero-order chi connectivity index (χ0) is 20.9. The highest BCUT2D eigenvalue weighted by Gasteiger charge is 2.30. The van der Waals surface area contributed by atoms with Crippen LogP contribution in [0.15, 0.2) is 47.4 Å². The number of aryl methyl sites for hydroxylation is 1. The molecule has 0 saturated heterocycles. The second-order valence-corrected chi connectivity index (χ2v) is 9.47. The van der Waals surface area contributed by atoms with Crippen LogP contribution in [-0.4, -0.2) is 33.8 Å². The summed E-state index contributed by atoms with van der Waals surface area (Å²) in [4.78, 5) is 12.6. The maximum absolute atomic E-state index is 12.6. The fourth-order valence-electron chi connectivity index (χ4n) is 3.61. The molecular formula is C22H27NO5S. The lowest BCUT2D eigenvalue weighted by Crippen LogP contribution is -2.18. The Kier molecular flexibility index (Phi) is 6.79. The predicted molar refractivity (Wildman–Crippen MR) is 112 cm³/mol. The molecule has 0 aliphatic heterocycles. The van der Waals surface area contributed by atoms with Crippen LogP contribution in [-0.2, 0) is 21.1 Å². The van der Waals surface area contributed by atoms with Crippen LogP contribution in [0.4, 0.5) is 5.69 Å². The largest absolute Gasteiger partial charge is 0.497 e. The summed E-state index contributed by atoms with van der Waals surface area (Å²) in [5.74, 6) is 1.22. The molecule has 0 spiro atoms. The molecule has 1 N–H and O–H groups in total. The average Bonchev–Trinajstić information content (AvgIpc) is 3.28.